The van der Waals surface area contributed by atoms with Gasteiger partial charge >= 0.3 is 0 Å². The van der Waals surface area contributed by atoms with E-state index in [1.807, 2.05) is 19.1 Å². The normalized spacial score (nSPS) is 25.2. The highest BCUT2D eigenvalue weighted by molar-refractivity contribution is 6.31. The lowest BCUT2D eigenvalue weighted by Gasteiger charge is -2.35. The number of aryl methyl sites for hydroxylation is 1. The van der Waals surface area contributed by atoms with Crippen LogP contribution in [0.15, 0.2) is 12.1 Å². The van der Waals surface area contributed by atoms with Crippen molar-refractivity contribution in [3.05, 3.63) is 28.3 Å². The third-order valence-corrected chi connectivity index (χ3v) is 6.07. The molecule has 1 aliphatic rings. The van der Waals surface area contributed by atoms with Gasteiger partial charge in [0.1, 0.15) is 18.5 Å². The molecule has 2 rings (SSSR count). The van der Waals surface area contributed by atoms with Crippen LogP contribution in [0.5, 0.6) is 5.75 Å². The lowest BCUT2D eigenvalue weighted by Crippen LogP contribution is -2.44. The van der Waals surface area contributed by atoms with Crippen molar-refractivity contribution in [1.82, 2.24) is 5.32 Å². The van der Waals surface area contributed by atoms with Crippen LogP contribution in [0.3, 0.4) is 0 Å². The average molecular weight is 368 g/mol. The molecular formula is C21H34ClNO2. The molecule has 0 bridgehead atoms. The first-order valence-corrected chi connectivity index (χ1v) is 10.0. The standard InChI is InChI=1S/C21H34ClNO2/c1-13(2)18-10-19(22)15(4)9-21(18)25-12-17(24)11-23-20-8-6-7-14(3)16(20)5/h9-10,13-14,16-17,20,23-24H,6-8,11-12H2,1-5H3/t14-,16-,17-,20-/m0/s1. The molecule has 0 aromatic heterocycles. The number of hydrogen-bond acceptors (Lipinski definition) is 3. The van der Waals surface area contributed by atoms with E-state index < -0.39 is 6.10 Å². The summed E-state index contributed by atoms with van der Waals surface area (Å²) in [6, 6.07) is 4.46. The van der Waals surface area contributed by atoms with Crippen molar-refractivity contribution in [2.75, 3.05) is 13.2 Å². The molecule has 25 heavy (non-hydrogen) atoms. The first-order chi connectivity index (χ1) is 11.8. The Bertz CT molecular complexity index is 561. The summed E-state index contributed by atoms with van der Waals surface area (Å²) in [5, 5.41) is 14.6. The Hall–Kier alpha value is -0.770. The van der Waals surface area contributed by atoms with Crippen LogP contribution in [-0.4, -0.2) is 30.4 Å². The summed E-state index contributed by atoms with van der Waals surface area (Å²) in [5.74, 6) is 2.57. The maximum Gasteiger partial charge on any atom is 0.123 e. The Morgan fingerprint density at radius 1 is 1.28 bits per heavy atom. The van der Waals surface area contributed by atoms with Crippen molar-refractivity contribution >= 4 is 11.6 Å². The molecule has 0 saturated heterocycles. The molecule has 4 atom stereocenters. The summed E-state index contributed by atoms with van der Waals surface area (Å²) in [7, 11) is 0. The molecule has 0 heterocycles. The average Bonchev–Trinajstić information content (AvgIpc) is 2.56. The van der Waals surface area contributed by atoms with E-state index in [1.54, 1.807) is 0 Å². The molecule has 0 unspecified atom stereocenters. The summed E-state index contributed by atoms with van der Waals surface area (Å²) >= 11 is 6.24. The topological polar surface area (TPSA) is 41.5 Å². The SMILES string of the molecule is Cc1cc(OC[C@@H](O)CN[C@H]2CCC[C@H](C)[C@@H]2C)c(C(C)C)cc1Cl. The number of rotatable bonds is 7. The van der Waals surface area contributed by atoms with E-state index in [0.717, 1.165) is 27.8 Å². The second-order valence-corrected chi connectivity index (χ2v) is 8.45. The minimum absolute atomic E-state index is 0.296. The molecule has 0 aliphatic heterocycles. The number of halogens is 1. The van der Waals surface area contributed by atoms with E-state index in [9.17, 15) is 5.11 Å². The van der Waals surface area contributed by atoms with Crippen LogP contribution in [0.25, 0.3) is 0 Å². The van der Waals surface area contributed by atoms with E-state index in [2.05, 4.69) is 33.0 Å². The molecule has 1 aromatic carbocycles. The summed E-state index contributed by atoms with van der Waals surface area (Å²) in [5.41, 5.74) is 2.09. The summed E-state index contributed by atoms with van der Waals surface area (Å²) in [4.78, 5) is 0. The molecule has 0 amide bonds. The summed E-state index contributed by atoms with van der Waals surface area (Å²) < 4.78 is 5.94. The van der Waals surface area contributed by atoms with Crippen LogP contribution in [0.1, 0.15) is 64.0 Å². The second-order valence-electron chi connectivity index (χ2n) is 8.04. The Balaban J connectivity index is 1.87. The summed E-state index contributed by atoms with van der Waals surface area (Å²) in [6.07, 6.45) is 3.28. The zero-order valence-electron chi connectivity index (χ0n) is 16.3. The van der Waals surface area contributed by atoms with Crippen LogP contribution in [0, 0.1) is 18.8 Å². The van der Waals surface area contributed by atoms with Crippen molar-refractivity contribution in [1.29, 1.82) is 0 Å². The quantitative estimate of drug-likeness (QED) is 0.718. The zero-order valence-corrected chi connectivity index (χ0v) is 17.1. The van der Waals surface area contributed by atoms with Crippen LogP contribution < -0.4 is 10.1 Å². The fourth-order valence-electron chi connectivity index (χ4n) is 3.65. The van der Waals surface area contributed by atoms with E-state index >= 15 is 0 Å². The van der Waals surface area contributed by atoms with E-state index in [-0.39, 0.29) is 0 Å². The van der Waals surface area contributed by atoms with Gasteiger partial charge in [-0.1, -0.05) is 52.1 Å². The summed E-state index contributed by atoms with van der Waals surface area (Å²) in [6.45, 7) is 11.7. The molecule has 3 nitrogen and oxygen atoms in total. The van der Waals surface area contributed by atoms with Crippen molar-refractivity contribution in [3.63, 3.8) is 0 Å². The molecule has 1 fully saturated rings. The molecule has 1 saturated carbocycles. The van der Waals surface area contributed by atoms with Gasteiger partial charge < -0.3 is 15.2 Å². The maximum absolute atomic E-state index is 10.3. The fourth-order valence-corrected chi connectivity index (χ4v) is 3.82. The predicted octanol–water partition coefficient (Wildman–Crippen LogP) is 4.93. The zero-order chi connectivity index (χ0) is 18.6. The van der Waals surface area contributed by atoms with Crippen LogP contribution in [0.2, 0.25) is 5.02 Å². The van der Waals surface area contributed by atoms with Gasteiger partial charge in [-0.2, -0.15) is 0 Å². The largest absolute Gasteiger partial charge is 0.491 e. The maximum atomic E-state index is 10.3. The minimum Gasteiger partial charge on any atom is -0.491 e. The highest BCUT2D eigenvalue weighted by atomic mass is 35.5. The van der Waals surface area contributed by atoms with Crippen LogP contribution >= 0.6 is 11.6 Å². The first-order valence-electron chi connectivity index (χ1n) is 9.63. The molecular weight excluding hydrogens is 334 g/mol. The van der Waals surface area contributed by atoms with Crippen molar-refractivity contribution in [2.24, 2.45) is 11.8 Å². The van der Waals surface area contributed by atoms with Crippen molar-refractivity contribution in [2.45, 2.75) is 71.9 Å². The predicted molar refractivity (Wildman–Crippen MR) is 106 cm³/mol. The highest BCUT2D eigenvalue weighted by Crippen LogP contribution is 2.32. The fraction of sp³-hybridized carbons (Fsp3) is 0.714. The van der Waals surface area contributed by atoms with Crippen molar-refractivity contribution in [3.8, 4) is 5.75 Å². The number of benzene rings is 1. The van der Waals surface area contributed by atoms with Crippen LogP contribution in [0.4, 0.5) is 0 Å². The number of aliphatic hydroxyl groups excluding tert-OH is 1. The third-order valence-electron chi connectivity index (χ3n) is 5.67. The number of hydrogen-bond donors (Lipinski definition) is 2. The Morgan fingerprint density at radius 2 is 2.00 bits per heavy atom. The molecule has 1 aromatic rings. The lowest BCUT2D eigenvalue weighted by atomic mass is 9.78. The van der Waals surface area contributed by atoms with E-state index in [4.69, 9.17) is 16.3 Å². The van der Waals surface area contributed by atoms with Gasteiger partial charge in [-0.05, 0) is 54.4 Å². The Labute approximate surface area is 158 Å². The molecule has 142 valence electrons. The number of aliphatic hydroxyl groups is 1. The first kappa shape index (κ1) is 20.5. The number of ether oxygens (including phenoxy) is 1. The van der Waals surface area contributed by atoms with Crippen molar-refractivity contribution < 1.29 is 9.84 Å². The highest BCUT2D eigenvalue weighted by Gasteiger charge is 2.27. The lowest BCUT2D eigenvalue weighted by molar-refractivity contribution is 0.0941. The van der Waals surface area contributed by atoms with Gasteiger partial charge in [0.25, 0.3) is 0 Å². The molecule has 2 N–H and O–H groups in total. The van der Waals surface area contributed by atoms with Crippen LogP contribution in [-0.2, 0) is 0 Å². The van der Waals surface area contributed by atoms with Gasteiger partial charge in [0, 0.05) is 17.6 Å². The molecule has 0 radical (unpaired) electrons. The van der Waals surface area contributed by atoms with Gasteiger partial charge in [-0.25, -0.2) is 0 Å². The van der Waals surface area contributed by atoms with E-state index in [0.29, 0.717) is 31.0 Å². The van der Waals surface area contributed by atoms with Gasteiger partial charge in [-0.3, -0.25) is 0 Å². The smallest absolute Gasteiger partial charge is 0.123 e. The van der Waals surface area contributed by atoms with Gasteiger partial charge in [0.05, 0.1) is 0 Å². The third kappa shape index (κ3) is 5.60. The second kappa shape index (κ2) is 9.25. The Kier molecular flexibility index (Phi) is 7.60. The monoisotopic (exact) mass is 367 g/mol. The van der Waals surface area contributed by atoms with Gasteiger partial charge in [0.15, 0.2) is 0 Å². The molecule has 1 aliphatic carbocycles. The van der Waals surface area contributed by atoms with Gasteiger partial charge in [0.2, 0.25) is 0 Å². The number of nitrogens with one attached hydrogen (secondary N) is 1. The molecule has 4 heteroatoms. The Morgan fingerprint density at radius 3 is 2.68 bits per heavy atom. The molecule has 0 spiro atoms. The minimum atomic E-state index is -0.513. The van der Waals surface area contributed by atoms with Gasteiger partial charge in [-0.15, -0.1) is 0 Å². The van der Waals surface area contributed by atoms with E-state index in [1.165, 1.54) is 19.3 Å².